The van der Waals surface area contributed by atoms with Crippen molar-refractivity contribution in [2.45, 2.75) is 228 Å². The summed E-state index contributed by atoms with van der Waals surface area (Å²) in [6.45, 7) is 13.9. The lowest BCUT2D eigenvalue weighted by molar-refractivity contribution is -0.382. The molecular formula is C53H82O22. The van der Waals surface area contributed by atoms with Gasteiger partial charge in [-0.05, 0) is 87.9 Å². The van der Waals surface area contributed by atoms with Crippen LogP contribution in [0.25, 0.3) is 0 Å². The van der Waals surface area contributed by atoms with Crippen molar-refractivity contribution in [2.24, 2.45) is 39.4 Å². The van der Waals surface area contributed by atoms with Gasteiger partial charge in [-0.2, -0.15) is 0 Å². The number of ether oxygens (including phenoxy) is 10. The van der Waals surface area contributed by atoms with Crippen molar-refractivity contribution in [3.8, 4) is 0 Å². The lowest BCUT2D eigenvalue weighted by atomic mass is 9.41. The third-order valence-corrected chi connectivity index (χ3v) is 19.2. The second-order valence-electron chi connectivity index (χ2n) is 24.8. The van der Waals surface area contributed by atoms with Gasteiger partial charge < -0.3 is 98.4 Å². The van der Waals surface area contributed by atoms with Crippen LogP contribution in [0.3, 0.4) is 0 Å². The van der Waals surface area contributed by atoms with Crippen LogP contribution in [0.4, 0.5) is 0 Å². The van der Waals surface area contributed by atoms with Gasteiger partial charge in [0.1, 0.15) is 90.7 Å². The van der Waals surface area contributed by atoms with Gasteiger partial charge in [0, 0.05) is 20.0 Å². The Morgan fingerprint density at radius 1 is 0.733 bits per heavy atom. The Labute approximate surface area is 437 Å². The van der Waals surface area contributed by atoms with E-state index in [2.05, 4.69) is 33.8 Å². The normalized spacial score (nSPS) is 51.9. The Hall–Kier alpha value is -2.14. The Bertz CT molecular complexity index is 2150. The first-order valence-electron chi connectivity index (χ1n) is 26.7. The lowest BCUT2D eigenvalue weighted by Crippen LogP contribution is -2.65. The number of methoxy groups -OCH3 is 1. The van der Waals surface area contributed by atoms with Crippen LogP contribution >= 0.6 is 0 Å². The van der Waals surface area contributed by atoms with Crippen molar-refractivity contribution in [1.82, 2.24) is 0 Å². The van der Waals surface area contributed by atoms with Crippen LogP contribution in [0.15, 0.2) is 23.8 Å². The van der Waals surface area contributed by atoms with Crippen molar-refractivity contribution in [3.05, 3.63) is 23.8 Å². The van der Waals surface area contributed by atoms with E-state index >= 15 is 0 Å². The maximum atomic E-state index is 14.3. The molecule has 1 spiro atoms. The van der Waals surface area contributed by atoms with Gasteiger partial charge >= 0.3 is 5.97 Å². The van der Waals surface area contributed by atoms with E-state index in [1.165, 1.54) is 19.6 Å². The van der Waals surface area contributed by atoms with E-state index in [4.69, 9.17) is 47.4 Å². The zero-order valence-electron chi connectivity index (χ0n) is 44.4. The number of aliphatic hydroxyl groups excluding tert-OH is 9. The van der Waals surface area contributed by atoms with E-state index < -0.39 is 163 Å². The summed E-state index contributed by atoms with van der Waals surface area (Å²) in [5, 5.41) is 109. The maximum absolute atomic E-state index is 14.3. The third kappa shape index (κ3) is 9.53. The molecule has 9 rings (SSSR count). The lowest BCUT2D eigenvalue weighted by Gasteiger charge is -2.63. The number of aliphatic hydroxyl groups is 10. The summed E-state index contributed by atoms with van der Waals surface area (Å²) in [5.41, 5.74) is -3.38. The molecule has 75 heavy (non-hydrogen) atoms. The fraction of sp³-hybridized carbons (Fsp3) is 0.887. The average molecular weight is 1070 g/mol. The van der Waals surface area contributed by atoms with Gasteiger partial charge in [-0.1, -0.05) is 51.5 Å². The smallest absolute Gasteiger partial charge is 0.314 e. The van der Waals surface area contributed by atoms with Crippen LogP contribution in [-0.4, -0.2) is 218 Å². The molecule has 0 aromatic heterocycles. The van der Waals surface area contributed by atoms with E-state index in [0.717, 1.165) is 12.8 Å². The van der Waals surface area contributed by atoms with Crippen LogP contribution in [0.2, 0.25) is 0 Å². The summed E-state index contributed by atoms with van der Waals surface area (Å²) in [6, 6.07) is 0. The first-order chi connectivity index (χ1) is 35.1. The average Bonchev–Trinajstić information content (AvgIpc) is 3.73. The summed E-state index contributed by atoms with van der Waals surface area (Å²) in [6.07, 6.45) is -17.9. The van der Waals surface area contributed by atoms with Crippen LogP contribution < -0.4 is 0 Å². The predicted molar refractivity (Wildman–Crippen MR) is 256 cm³/mol. The topological polar surface area (TPSA) is 329 Å². The van der Waals surface area contributed by atoms with Crippen LogP contribution in [-0.2, 0) is 57.0 Å². The molecular weight excluding hydrogens is 989 g/mol. The highest BCUT2D eigenvalue weighted by Crippen LogP contribution is 2.75. The Morgan fingerprint density at radius 3 is 2.05 bits per heavy atom. The van der Waals surface area contributed by atoms with E-state index in [1.807, 2.05) is 6.92 Å². The summed E-state index contributed by atoms with van der Waals surface area (Å²) in [4.78, 5) is 28.6. The van der Waals surface area contributed by atoms with Crippen molar-refractivity contribution < 1.29 is 108 Å². The van der Waals surface area contributed by atoms with E-state index in [-0.39, 0.29) is 42.0 Å². The van der Waals surface area contributed by atoms with Crippen molar-refractivity contribution >= 4 is 11.8 Å². The molecule has 3 saturated carbocycles. The van der Waals surface area contributed by atoms with Crippen molar-refractivity contribution in [3.63, 3.8) is 0 Å². The fourth-order valence-electron chi connectivity index (χ4n) is 15.4. The fourth-order valence-corrected chi connectivity index (χ4v) is 15.4. The molecule has 22 nitrogen and oxygen atoms in total. The zero-order valence-corrected chi connectivity index (χ0v) is 44.4. The van der Waals surface area contributed by atoms with E-state index in [0.29, 0.717) is 25.7 Å². The van der Waals surface area contributed by atoms with E-state index in [1.54, 1.807) is 26.0 Å². The van der Waals surface area contributed by atoms with Gasteiger partial charge in [-0.3, -0.25) is 9.59 Å². The van der Waals surface area contributed by atoms with Gasteiger partial charge in [0.2, 0.25) is 0 Å². The molecule has 426 valence electrons. The Kier molecular flexibility index (Phi) is 15.9. The van der Waals surface area contributed by atoms with E-state index in [9.17, 15) is 60.7 Å². The zero-order chi connectivity index (χ0) is 54.7. The minimum Gasteiger partial charge on any atom is -0.458 e. The monoisotopic (exact) mass is 1070 g/mol. The predicted octanol–water partition coefficient (Wildman–Crippen LogP) is -0.599. The molecule has 8 fully saturated rings. The largest absolute Gasteiger partial charge is 0.458 e. The molecule has 26 atom stereocenters. The second-order valence-corrected chi connectivity index (χ2v) is 24.8. The SMILES string of the molecule is COC1C(O)C(CO)OC(OC2C(O)COC(OC3C(C)OC(OC4C(OC5CCC6(C)C7=CCC89C(=O)OC(C)(CC=CC(C)(C)O)C8C(=O)CC9(C)C7CCC6C5(C)C)OCC(O)C4O)C(O)C3O)C2O)C1O. The van der Waals surface area contributed by atoms with Gasteiger partial charge in [0.25, 0.3) is 0 Å². The number of hydrogen-bond donors (Lipinski definition) is 10. The first-order valence-corrected chi connectivity index (χ1v) is 26.7. The summed E-state index contributed by atoms with van der Waals surface area (Å²) in [7, 11) is 1.23. The molecule has 0 bridgehead atoms. The number of ketones is 1. The molecule has 0 aromatic rings. The number of hydrogen-bond acceptors (Lipinski definition) is 22. The number of Topliss-reactive ketones (excluding diaryl/α,β-unsaturated/α-hetero) is 1. The summed E-state index contributed by atoms with van der Waals surface area (Å²) in [5.74, 6) is -0.892. The number of cyclic esters (lactones) is 1. The highest BCUT2D eigenvalue weighted by molar-refractivity contribution is 5.99. The molecule has 5 saturated heterocycles. The summed E-state index contributed by atoms with van der Waals surface area (Å²) >= 11 is 0. The van der Waals surface area contributed by atoms with Gasteiger partial charge in [-0.25, -0.2) is 0 Å². The molecule has 4 aliphatic carbocycles. The van der Waals surface area contributed by atoms with Gasteiger partial charge in [0.05, 0.1) is 49.0 Å². The quantitative estimate of drug-likeness (QED) is 0.0626. The number of fused-ring (bicyclic) bond motifs is 4. The molecule has 5 aliphatic heterocycles. The van der Waals surface area contributed by atoms with Crippen LogP contribution in [0.5, 0.6) is 0 Å². The van der Waals surface area contributed by atoms with Crippen LogP contribution in [0.1, 0.15) is 100 Å². The molecule has 0 radical (unpaired) electrons. The third-order valence-electron chi connectivity index (χ3n) is 19.2. The number of rotatable bonds is 13. The number of allylic oxidation sites excluding steroid dienone is 2. The van der Waals surface area contributed by atoms with Crippen molar-refractivity contribution in [2.75, 3.05) is 26.9 Å². The number of esters is 1. The molecule has 9 aliphatic rings. The van der Waals surface area contributed by atoms with Gasteiger partial charge in [0.15, 0.2) is 25.2 Å². The standard InChI is InChI=1S/C53H82O22/c1-23-38(72-43-36(62)39(28(57)22-67-43)73-45-37(63)40(66-9)33(59)29(20-54)70-45)34(60)35(61)44(69-23)74-41-32(58)27(56)21-68-46(41)71-31-14-17-50(6)24-13-18-53-42(52(8,75-47(53)64)16-10-15-48(2,3)65)26(55)19-51(53,7)25(24)11-12-30(50)49(31,4)5/h10,13,15,23,25,27-46,54,56-63,65H,11-12,14,16-22H2,1-9H3. The molecule has 0 aromatic carbocycles. The van der Waals surface area contributed by atoms with Gasteiger partial charge in [-0.15, -0.1) is 0 Å². The molecule has 22 heteroatoms. The highest BCUT2D eigenvalue weighted by atomic mass is 16.8. The summed E-state index contributed by atoms with van der Waals surface area (Å²) < 4.78 is 59.4. The minimum absolute atomic E-state index is 0.0366. The molecule has 5 heterocycles. The van der Waals surface area contributed by atoms with Crippen LogP contribution in [0, 0.1) is 39.4 Å². The number of carbonyl (C=O) groups is 2. The minimum atomic E-state index is -1.84. The Morgan fingerprint density at radius 2 is 1.37 bits per heavy atom. The Balaban J connectivity index is 0.862. The first kappa shape index (κ1) is 57.5. The maximum Gasteiger partial charge on any atom is 0.314 e. The molecule has 0 amide bonds. The molecule has 26 unspecified atom stereocenters. The number of carbonyl (C=O) groups excluding carboxylic acids is 2. The second kappa shape index (κ2) is 20.8. The van der Waals surface area contributed by atoms with Crippen molar-refractivity contribution in [1.29, 1.82) is 0 Å². The molecule has 10 N–H and O–H groups in total. The highest BCUT2D eigenvalue weighted by Gasteiger charge is 2.79.